The Hall–Kier alpha value is -0.380. The van der Waals surface area contributed by atoms with E-state index in [1.165, 1.54) is 24.1 Å². The van der Waals surface area contributed by atoms with E-state index in [9.17, 15) is 0 Å². The molecule has 1 saturated carbocycles. The standard InChI is InChI=1S/C16H28N2S/c1-12(2)10-14(18(3)4)11-17-16(13-7-8-13)15-6-5-9-19-15/h5-6,9,12-14,16-17H,7-8,10-11H2,1-4H3. The van der Waals surface area contributed by atoms with Crippen molar-refractivity contribution in [2.45, 2.75) is 45.2 Å². The predicted octanol–water partition coefficient (Wildman–Crippen LogP) is 3.77. The Morgan fingerprint density at radius 3 is 2.58 bits per heavy atom. The highest BCUT2D eigenvalue weighted by Crippen LogP contribution is 2.42. The summed E-state index contributed by atoms with van der Waals surface area (Å²) in [6.45, 7) is 5.73. The molecule has 0 aliphatic heterocycles. The van der Waals surface area contributed by atoms with Crippen LogP contribution < -0.4 is 5.32 Å². The van der Waals surface area contributed by atoms with E-state index in [1.807, 2.05) is 11.3 Å². The quantitative estimate of drug-likeness (QED) is 0.780. The summed E-state index contributed by atoms with van der Waals surface area (Å²) < 4.78 is 0. The third-order valence-corrected chi connectivity index (χ3v) is 4.95. The highest BCUT2D eigenvalue weighted by atomic mass is 32.1. The van der Waals surface area contributed by atoms with Crippen molar-refractivity contribution in [1.29, 1.82) is 0 Å². The molecule has 3 heteroatoms. The average molecular weight is 280 g/mol. The van der Waals surface area contributed by atoms with Gasteiger partial charge in [0.15, 0.2) is 0 Å². The average Bonchev–Trinajstić information content (AvgIpc) is 3.02. The molecule has 0 bridgehead atoms. The molecule has 1 heterocycles. The molecule has 0 aromatic carbocycles. The van der Waals surface area contributed by atoms with Gasteiger partial charge in [-0.05, 0) is 56.6 Å². The maximum Gasteiger partial charge on any atom is 0.0443 e. The number of nitrogens with zero attached hydrogens (tertiary/aromatic N) is 1. The van der Waals surface area contributed by atoms with Crippen LogP contribution in [0.25, 0.3) is 0 Å². The number of thiophene rings is 1. The van der Waals surface area contributed by atoms with Gasteiger partial charge < -0.3 is 10.2 Å². The van der Waals surface area contributed by atoms with E-state index in [1.54, 1.807) is 0 Å². The maximum atomic E-state index is 3.84. The summed E-state index contributed by atoms with van der Waals surface area (Å²) in [5.74, 6) is 1.64. The third kappa shape index (κ3) is 4.59. The summed E-state index contributed by atoms with van der Waals surface area (Å²) in [4.78, 5) is 3.88. The van der Waals surface area contributed by atoms with Gasteiger partial charge in [0.2, 0.25) is 0 Å². The first kappa shape index (κ1) is 15.0. The van der Waals surface area contributed by atoms with Gasteiger partial charge in [-0.25, -0.2) is 0 Å². The van der Waals surface area contributed by atoms with Gasteiger partial charge in [-0.15, -0.1) is 11.3 Å². The molecule has 2 atom stereocenters. The largest absolute Gasteiger partial charge is 0.307 e. The summed E-state index contributed by atoms with van der Waals surface area (Å²) in [6, 6.07) is 5.69. The first-order valence-corrected chi connectivity index (χ1v) is 8.39. The van der Waals surface area contributed by atoms with E-state index in [4.69, 9.17) is 0 Å². The van der Waals surface area contributed by atoms with Gasteiger partial charge in [0, 0.05) is 23.5 Å². The van der Waals surface area contributed by atoms with Crippen molar-refractivity contribution in [2.75, 3.05) is 20.6 Å². The lowest BCUT2D eigenvalue weighted by atomic mass is 10.0. The molecule has 1 fully saturated rings. The van der Waals surface area contributed by atoms with Crippen LogP contribution in [0.1, 0.15) is 44.0 Å². The van der Waals surface area contributed by atoms with E-state index < -0.39 is 0 Å². The van der Waals surface area contributed by atoms with Crippen LogP contribution in [0.2, 0.25) is 0 Å². The molecule has 1 N–H and O–H groups in total. The van der Waals surface area contributed by atoms with Crippen molar-refractivity contribution in [2.24, 2.45) is 11.8 Å². The second-order valence-corrected chi connectivity index (χ2v) is 7.47. The van der Waals surface area contributed by atoms with Crippen LogP contribution in [0.3, 0.4) is 0 Å². The lowest BCUT2D eigenvalue weighted by molar-refractivity contribution is 0.238. The third-order valence-electron chi connectivity index (χ3n) is 3.99. The minimum absolute atomic E-state index is 0.592. The Morgan fingerprint density at radius 2 is 2.11 bits per heavy atom. The van der Waals surface area contributed by atoms with Crippen molar-refractivity contribution in [1.82, 2.24) is 10.2 Å². The van der Waals surface area contributed by atoms with Gasteiger partial charge in [0.25, 0.3) is 0 Å². The van der Waals surface area contributed by atoms with Crippen molar-refractivity contribution >= 4 is 11.3 Å². The molecular weight excluding hydrogens is 252 g/mol. The smallest absolute Gasteiger partial charge is 0.0443 e. The topological polar surface area (TPSA) is 15.3 Å². The van der Waals surface area contributed by atoms with E-state index >= 15 is 0 Å². The zero-order valence-electron chi connectivity index (χ0n) is 12.7. The van der Waals surface area contributed by atoms with Crippen LogP contribution in [0.4, 0.5) is 0 Å². The Morgan fingerprint density at radius 1 is 1.37 bits per heavy atom. The summed E-state index contributed by atoms with van der Waals surface area (Å²) in [7, 11) is 4.40. The SMILES string of the molecule is CC(C)CC(CNC(c1cccs1)C1CC1)N(C)C. The minimum atomic E-state index is 0.592. The van der Waals surface area contributed by atoms with Crippen molar-refractivity contribution in [3.05, 3.63) is 22.4 Å². The van der Waals surface area contributed by atoms with Crippen molar-refractivity contribution in [3.63, 3.8) is 0 Å². The van der Waals surface area contributed by atoms with Crippen LogP contribution in [0.5, 0.6) is 0 Å². The monoisotopic (exact) mass is 280 g/mol. The van der Waals surface area contributed by atoms with Crippen LogP contribution in [0, 0.1) is 11.8 Å². The molecule has 1 aliphatic carbocycles. The number of hydrogen-bond acceptors (Lipinski definition) is 3. The van der Waals surface area contributed by atoms with Crippen molar-refractivity contribution in [3.8, 4) is 0 Å². The molecule has 0 saturated heterocycles. The Kier molecular flexibility index (Phi) is 5.43. The number of rotatable bonds is 8. The molecule has 2 rings (SSSR count). The predicted molar refractivity (Wildman–Crippen MR) is 84.7 cm³/mol. The minimum Gasteiger partial charge on any atom is -0.307 e. The molecule has 1 aromatic heterocycles. The Balaban J connectivity index is 1.90. The molecule has 0 amide bonds. The molecule has 2 unspecified atom stereocenters. The fourth-order valence-electron chi connectivity index (χ4n) is 2.68. The number of hydrogen-bond donors (Lipinski definition) is 1. The lowest BCUT2D eigenvalue weighted by Crippen LogP contribution is -2.40. The Bertz CT molecular complexity index is 355. The van der Waals surface area contributed by atoms with E-state index in [-0.39, 0.29) is 0 Å². The van der Waals surface area contributed by atoms with Gasteiger partial charge >= 0.3 is 0 Å². The molecule has 19 heavy (non-hydrogen) atoms. The molecule has 1 aromatic rings. The molecular formula is C16H28N2S. The van der Waals surface area contributed by atoms with E-state index in [0.29, 0.717) is 12.1 Å². The van der Waals surface area contributed by atoms with Crippen LogP contribution in [0.15, 0.2) is 17.5 Å². The highest BCUT2D eigenvalue weighted by molar-refractivity contribution is 7.10. The maximum absolute atomic E-state index is 3.84. The lowest BCUT2D eigenvalue weighted by Gasteiger charge is -2.28. The van der Waals surface area contributed by atoms with Gasteiger partial charge in [-0.2, -0.15) is 0 Å². The van der Waals surface area contributed by atoms with Crippen LogP contribution >= 0.6 is 11.3 Å². The molecule has 0 radical (unpaired) electrons. The first-order valence-electron chi connectivity index (χ1n) is 7.51. The molecule has 1 aliphatic rings. The zero-order chi connectivity index (χ0) is 13.8. The van der Waals surface area contributed by atoms with Crippen LogP contribution in [-0.2, 0) is 0 Å². The summed E-state index contributed by atoms with van der Waals surface area (Å²) in [6.07, 6.45) is 4.06. The Labute approximate surface area is 122 Å². The van der Waals surface area contributed by atoms with E-state index in [2.05, 4.69) is 55.7 Å². The molecule has 0 spiro atoms. The van der Waals surface area contributed by atoms with Gasteiger partial charge in [-0.3, -0.25) is 0 Å². The number of likely N-dealkylation sites (N-methyl/N-ethyl adjacent to an activating group) is 1. The van der Waals surface area contributed by atoms with Gasteiger partial charge in [-0.1, -0.05) is 19.9 Å². The summed E-state index contributed by atoms with van der Waals surface area (Å²) in [5.41, 5.74) is 0. The zero-order valence-corrected chi connectivity index (χ0v) is 13.5. The number of nitrogens with one attached hydrogen (secondary N) is 1. The van der Waals surface area contributed by atoms with Crippen LogP contribution in [-0.4, -0.2) is 31.6 Å². The highest BCUT2D eigenvalue weighted by Gasteiger charge is 2.33. The normalized spacial score (nSPS) is 19.1. The van der Waals surface area contributed by atoms with E-state index in [0.717, 1.165) is 18.4 Å². The van der Waals surface area contributed by atoms with Gasteiger partial charge in [0.1, 0.15) is 0 Å². The van der Waals surface area contributed by atoms with Gasteiger partial charge in [0.05, 0.1) is 0 Å². The fraction of sp³-hybridized carbons (Fsp3) is 0.750. The summed E-state index contributed by atoms with van der Waals surface area (Å²) >= 11 is 1.90. The summed E-state index contributed by atoms with van der Waals surface area (Å²) in [5, 5.41) is 6.04. The molecule has 2 nitrogen and oxygen atoms in total. The second-order valence-electron chi connectivity index (χ2n) is 6.49. The second kappa shape index (κ2) is 6.87. The fourth-order valence-corrected chi connectivity index (χ4v) is 3.58. The molecule has 108 valence electrons. The van der Waals surface area contributed by atoms with Crippen molar-refractivity contribution < 1.29 is 0 Å². The first-order chi connectivity index (χ1) is 9.08.